The van der Waals surface area contributed by atoms with Gasteiger partial charge in [0.1, 0.15) is 12.1 Å². The van der Waals surface area contributed by atoms with Gasteiger partial charge in [0.25, 0.3) is 0 Å². The van der Waals surface area contributed by atoms with Gasteiger partial charge in [0.15, 0.2) is 0 Å². The molecule has 3 rings (SSSR count). The van der Waals surface area contributed by atoms with Crippen LogP contribution in [0.4, 0.5) is 5.82 Å². The minimum Gasteiger partial charge on any atom is -0.367 e. The summed E-state index contributed by atoms with van der Waals surface area (Å²) in [5.74, 6) is 1.78. The number of aromatic nitrogens is 2. The van der Waals surface area contributed by atoms with Crippen molar-refractivity contribution in [2.24, 2.45) is 5.92 Å². The number of nitrogens with one attached hydrogen (secondary N) is 1. The summed E-state index contributed by atoms with van der Waals surface area (Å²) in [4.78, 5) is 8.64. The van der Waals surface area contributed by atoms with Crippen LogP contribution in [0.15, 0.2) is 30.6 Å². The highest BCUT2D eigenvalue weighted by Crippen LogP contribution is 2.31. The van der Waals surface area contributed by atoms with Gasteiger partial charge in [-0.05, 0) is 37.8 Å². The van der Waals surface area contributed by atoms with Crippen LogP contribution in [-0.2, 0) is 0 Å². The third-order valence-corrected chi connectivity index (χ3v) is 3.76. The van der Waals surface area contributed by atoms with Gasteiger partial charge in [-0.25, -0.2) is 9.97 Å². The van der Waals surface area contributed by atoms with E-state index in [0.717, 1.165) is 22.6 Å². The second kappa shape index (κ2) is 4.32. The van der Waals surface area contributed by atoms with Crippen LogP contribution in [0.1, 0.15) is 26.2 Å². The number of fused-ring (bicyclic) bond motifs is 1. The zero-order valence-electron chi connectivity index (χ0n) is 10.1. The van der Waals surface area contributed by atoms with Gasteiger partial charge in [-0.15, -0.1) is 0 Å². The molecule has 0 amide bonds. The first kappa shape index (κ1) is 10.5. The van der Waals surface area contributed by atoms with Crippen LogP contribution in [0.5, 0.6) is 0 Å². The number of hydrogen-bond acceptors (Lipinski definition) is 3. The van der Waals surface area contributed by atoms with E-state index < -0.39 is 0 Å². The van der Waals surface area contributed by atoms with Gasteiger partial charge in [-0.2, -0.15) is 0 Å². The average Bonchev–Trinajstić information content (AvgIpc) is 2.27. The molecule has 1 fully saturated rings. The number of rotatable bonds is 3. The molecule has 88 valence electrons. The summed E-state index contributed by atoms with van der Waals surface area (Å²) in [6, 6.07) is 8.64. The molecule has 1 aliphatic rings. The van der Waals surface area contributed by atoms with Crippen molar-refractivity contribution in [1.29, 1.82) is 0 Å². The second-order valence-corrected chi connectivity index (χ2v) is 4.86. The lowest BCUT2D eigenvalue weighted by Gasteiger charge is -2.32. The van der Waals surface area contributed by atoms with Crippen LogP contribution < -0.4 is 5.32 Å². The third kappa shape index (κ3) is 1.97. The lowest BCUT2D eigenvalue weighted by molar-refractivity contribution is 0.285. The second-order valence-electron chi connectivity index (χ2n) is 4.86. The van der Waals surface area contributed by atoms with Crippen molar-refractivity contribution < 1.29 is 0 Å². The number of benzene rings is 1. The Morgan fingerprint density at radius 2 is 2.06 bits per heavy atom. The summed E-state index contributed by atoms with van der Waals surface area (Å²) in [6.07, 6.45) is 5.70. The monoisotopic (exact) mass is 227 g/mol. The lowest BCUT2D eigenvalue weighted by Crippen LogP contribution is -2.31. The van der Waals surface area contributed by atoms with E-state index in [1.165, 1.54) is 19.3 Å². The van der Waals surface area contributed by atoms with Crippen LogP contribution in [0.2, 0.25) is 0 Å². The number of nitrogens with zero attached hydrogens (tertiary/aromatic N) is 2. The standard InChI is InChI=1S/C14H17N3/c1-10(11-5-4-6-11)17-14-12-7-2-3-8-13(12)15-9-16-14/h2-3,7-11H,4-6H2,1H3,(H,15,16,17). The van der Waals surface area contributed by atoms with Crippen molar-refractivity contribution in [2.45, 2.75) is 32.2 Å². The maximum Gasteiger partial charge on any atom is 0.137 e. The molecule has 1 atom stereocenters. The first-order chi connectivity index (χ1) is 8.34. The Morgan fingerprint density at radius 1 is 1.24 bits per heavy atom. The summed E-state index contributed by atoms with van der Waals surface area (Å²) < 4.78 is 0. The maximum absolute atomic E-state index is 4.37. The highest BCUT2D eigenvalue weighted by molar-refractivity contribution is 5.88. The fraction of sp³-hybridized carbons (Fsp3) is 0.429. The first-order valence-electron chi connectivity index (χ1n) is 6.31. The molecule has 3 heteroatoms. The lowest BCUT2D eigenvalue weighted by atomic mass is 9.80. The normalized spacial score (nSPS) is 17.7. The summed E-state index contributed by atoms with van der Waals surface area (Å²) >= 11 is 0. The predicted molar refractivity (Wildman–Crippen MR) is 70.0 cm³/mol. The molecule has 0 spiro atoms. The van der Waals surface area contributed by atoms with E-state index in [-0.39, 0.29) is 0 Å². The van der Waals surface area contributed by atoms with E-state index in [0.29, 0.717) is 6.04 Å². The molecule has 0 saturated heterocycles. The van der Waals surface area contributed by atoms with Gasteiger partial charge in [0, 0.05) is 11.4 Å². The zero-order chi connectivity index (χ0) is 11.7. The summed E-state index contributed by atoms with van der Waals surface area (Å²) in [6.45, 7) is 2.25. The Bertz CT molecular complexity index is 514. The Balaban J connectivity index is 1.89. The van der Waals surface area contributed by atoms with E-state index >= 15 is 0 Å². The van der Waals surface area contributed by atoms with Crippen molar-refractivity contribution in [1.82, 2.24) is 9.97 Å². The summed E-state index contributed by atoms with van der Waals surface area (Å²) in [7, 11) is 0. The van der Waals surface area contributed by atoms with E-state index in [1.54, 1.807) is 6.33 Å². The van der Waals surface area contributed by atoms with E-state index in [1.807, 2.05) is 18.2 Å². The molecule has 1 saturated carbocycles. The fourth-order valence-electron chi connectivity index (χ4n) is 2.39. The third-order valence-electron chi connectivity index (χ3n) is 3.76. The minimum absolute atomic E-state index is 0.502. The van der Waals surface area contributed by atoms with Crippen LogP contribution in [0.3, 0.4) is 0 Å². The Labute approximate surface area is 101 Å². The van der Waals surface area contributed by atoms with Crippen molar-refractivity contribution >= 4 is 16.7 Å². The van der Waals surface area contributed by atoms with Crippen LogP contribution in [0.25, 0.3) is 10.9 Å². The number of hydrogen-bond donors (Lipinski definition) is 1. The van der Waals surface area contributed by atoms with Gasteiger partial charge in [-0.1, -0.05) is 18.6 Å². The maximum atomic E-state index is 4.37. The predicted octanol–water partition coefficient (Wildman–Crippen LogP) is 3.23. The zero-order valence-corrected chi connectivity index (χ0v) is 10.1. The molecule has 2 aromatic rings. The molecule has 1 aromatic carbocycles. The highest BCUT2D eigenvalue weighted by Gasteiger charge is 2.24. The first-order valence-corrected chi connectivity index (χ1v) is 6.31. The Morgan fingerprint density at radius 3 is 2.82 bits per heavy atom. The van der Waals surface area contributed by atoms with Crippen molar-refractivity contribution in [2.75, 3.05) is 5.32 Å². The number of para-hydroxylation sites is 1. The summed E-state index contributed by atoms with van der Waals surface area (Å²) in [5.41, 5.74) is 1.01. The Kier molecular flexibility index (Phi) is 2.67. The molecule has 1 unspecified atom stereocenters. The van der Waals surface area contributed by atoms with Crippen molar-refractivity contribution in [3.8, 4) is 0 Å². The van der Waals surface area contributed by atoms with Gasteiger partial charge < -0.3 is 5.32 Å². The van der Waals surface area contributed by atoms with E-state index in [9.17, 15) is 0 Å². The molecule has 0 aliphatic heterocycles. The quantitative estimate of drug-likeness (QED) is 0.874. The molecule has 1 heterocycles. The van der Waals surface area contributed by atoms with E-state index in [4.69, 9.17) is 0 Å². The molecule has 1 N–H and O–H groups in total. The smallest absolute Gasteiger partial charge is 0.137 e. The van der Waals surface area contributed by atoms with Gasteiger partial charge in [0.05, 0.1) is 5.52 Å². The highest BCUT2D eigenvalue weighted by atomic mass is 15.0. The molecule has 17 heavy (non-hydrogen) atoms. The largest absolute Gasteiger partial charge is 0.367 e. The van der Waals surface area contributed by atoms with Crippen molar-refractivity contribution in [3.05, 3.63) is 30.6 Å². The van der Waals surface area contributed by atoms with Crippen LogP contribution in [-0.4, -0.2) is 16.0 Å². The average molecular weight is 227 g/mol. The molecule has 1 aromatic heterocycles. The van der Waals surface area contributed by atoms with Gasteiger partial charge >= 0.3 is 0 Å². The van der Waals surface area contributed by atoms with Crippen molar-refractivity contribution in [3.63, 3.8) is 0 Å². The molecule has 1 aliphatic carbocycles. The fourth-order valence-corrected chi connectivity index (χ4v) is 2.39. The number of anilines is 1. The molecule has 0 radical (unpaired) electrons. The summed E-state index contributed by atoms with van der Waals surface area (Å²) in [5, 5.41) is 4.65. The molecular formula is C14H17N3. The minimum atomic E-state index is 0.502. The Hall–Kier alpha value is -1.64. The topological polar surface area (TPSA) is 37.8 Å². The molecule has 3 nitrogen and oxygen atoms in total. The van der Waals surface area contributed by atoms with E-state index in [2.05, 4.69) is 28.3 Å². The van der Waals surface area contributed by atoms with Gasteiger partial charge in [-0.3, -0.25) is 0 Å². The SMILES string of the molecule is CC(Nc1ncnc2ccccc12)C1CCC1. The van der Waals surface area contributed by atoms with Crippen LogP contribution in [0, 0.1) is 5.92 Å². The molecule has 0 bridgehead atoms. The van der Waals surface area contributed by atoms with Crippen LogP contribution >= 0.6 is 0 Å². The van der Waals surface area contributed by atoms with Gasteiger partial charge in [0.2, 0.25) is 0 Å². The molecular weight excluding hydrogens is 210 g/mol.